The van der Waals surface area contributed by atoms with Gasteiger partial charge in [0, 0.05) is 31.8 Å². The van der Waals surface area contributed by atoms with Gasteiger partial charge in [-0.1, -0.05) is 12.8 Å². The van der Waals surface area contributed by atoms with Crippen LogP contribution in [-0.2, 0) is 4.74 Å². The van der Waals surface area contributed by atoms with E-state index in [0.29, 0.717) is 6.04 Å². The van der Waals surface area contributed by atoms with Gasteiger partial charge in [0.1, 0.15) is 0 Å². The number of hydrogen-bond acceptors (Lipinski definition) is 3. The molecule has 122 valence electrons. The minimum Gasteiger partial charge on any atom is -0.383 e. The van der Waals surface area contributed by atoms with Crippen LogP contribution in [0.15, 0.2) is 0 Å². The van der Waals surface area contributed by atoms with Crippen LogP contribution in [0.5, 0.6) is 0 Å². The Morgan fingerprint density at radius 3 is 2.52 bits per heavy atom. The minimum atomic E-state index is 0.256. The molecule has 0 aliphatic heterocycles. The highest BCUT2D eigenvalue weighted by Gasteiger charge is 2.47. The lowest BCUT2D eigenvalue weighted by Gasteiger charge is -2.51. The number of ether oxygens (including phenoxy) is 1. The summed E-state index contributed by atoms with van der Waals surface area (Å²) in [6, 6.07) is 0.682. The Balaban J connectivity index is 1.74. The highest BCUT2D eigenvalue weighted by atomic mass is 16.5. The van der Waals surface area contributed by atoms with Gasteiger partial charge in [0.15, 0.2) is 0 Å². The molecule has 3 aliphatic rings. The van der Waals surface area contributed by atoms with Gasteiger partial charge < -0.3 is 10.5 Å². The number of nitrogens with two attached hydrogens (primary N) is 1. The number of methoxy groups -OCH3 is 1. The fourth-order valence-electron chi connectivity index (χ4n) is 4.81. The average molecular weight is 294 g/mol. The summed E-state index contributed by atoms with van der Waals surface area (Å²) in [5.41, 5.74) is 6.63. The molecule has 3 unspecified atom stereocenters. The minimum absolute atomic E-state index is 0.256. The fourth-order valence-corrected chi connectivity index (χ4v) is 4.81. The molecular weight excluding hydrogens is 260 g/mol. The van der Waals surface area contributed by atoms with Gasteiger partial charge in [-0.05, 0) is 63.2 Å². The van der Waals surface area contributed by atoms with Crippen LogP contribution in [0.4, 0.5) is 0 Å². The first-order valence-corrected chi connectivity index (χ1v) is 9.16. The summed E-state index contributed by atoms with van der Waals surface area (Å²) in [5, 5.41) is 0. The topological polar surface area (TPSA) is 38.5 Å². The van der Waals surface area contributed by atoms with E-state index in [0.717, 1.165) is 37.5 Å². The van der Waals surface area contributed by atoms with Crippen molar-refractivity contribution in [3.05, 3.63) is 0 Å². The van der Waals surface area contributed by atoms with E-state index in [1.807, 2.05) is 7.11 Å². The highest BCUT2D eigenvalue weighted by Crippen LogP contribution is 2.49. The lowest BCUT2D eigenvalue weighted by atomic mass is 9.72. The molecule has 0 aromatic rings. The maximum absolute atomic E-state index is 6.37. The van der Waals surface area contributed by atoms with E-state index in [4.69, 9.17) is 10.5 Å². The van der Waals surface area contributed by atoms with Gasteiger partial charge >= 0.3 is 0 Å². The third-order valence-corrected chi connectivity index (χ3v) is 6.47. The van der Waals surface area contributed by atoms with Crippen LogP contribution >= 0.6 is 0 Å². The molecule has 3 heteroatoms. The SMILES string of the molecule is COCCN(C(C)C1CC1)C1(CN)CCCC(C2CC2)C1. The van der Waals surface area contributed by atoms with Crippen LogP contribution in [0.1, 0.15) is 58.3 Å². The van der Waals surface area contributed by atoms with E-state index < -0.39 is 0 Å². The maximum Gasteiger partial charge on any atom is 0.0590 e. The zero-order valence-electron chi connectivity index (χ0n) is 14.0. The van der Waals surface area contributed by atoms with E-state index in [1.54, 1.807) is 0 Å². The first kappa shape index (κ1) is 15.8. The molecule has 3 rings (SSSR count). The summed E-state index contributed by atoms with van der Waals surface area (Å²) in [7, 11) is 1.82. The molecule has 3 atom stereocenters. The molecule has 3 aliphatic carbocycles. The van der Waals surface area contributed by atoms with Crippen molar-refractivity contribution in [2.24, 2.45) is 23.5 Å². The quantitative estimate of drug-likeness (QED) is 0.748. The molecule has 0 bridgehead atoms. The average Bonchev–Trinajstić information content (AvgIpc) is 3.40. The van der Waals surface area contributed by atoms with Crippen molar-refractivity contribution in [2.75, 3.05) is 26.8 Å². The van der Waals surface area contributed by atoms with Crippen LogP contribution in [0.3, 0.4) is 0 Å². The monoisotopic (exact) mass is 294 g/mol. The number of nitrogens with zero attached hydrogens (tertiary/aromatic N) is 1. The summed E-state index contributed by atoms with van der Waals surface area (Å²) < 4.78 is 5.41. The molecule has 0 saturated heterocycles. The van der Waals surface area contributed by atoms with E-state index in [9.17, 15) is 0 Å². The van der Waals surface area contributed by atoms with Crippen molar-refractivity contribution in [2.45, 2.75) is 69.9 Å². The molecule has 0 heterocycles. The first-order chi connectivity index (χ1) is 10.2. The smallest absolute Gasteiger partial charge is 0.0590 e. The first-order valence-electron chi connectivity index (χ1n) is 9.16. The van der Waals surface area contributed by atoms with Gasteiger partial charge in [0.2, 0.25) is 0 Å². The molecule has 0 spiro atoms. The molecule has 0 amide bonds. The Morgan fingerprint density at radius 2 is 1.95 bits per heavy atom. The molecule has 3 fully saturated rings. The Hall–Kier alpha value is -0.120. The molecule has 0 aromatic carbocycles. The van der Waals surface area contributed by atoms with Crippen molar-refractivity contribution in [3.63, 3.8) is 0 Å². The summed E-state index contributed by atoms with van der Waals surface area (Å²) in [5.74, 6) is 2.88. The third kappa shape index (κ3) is 3.46. The van der Waals surface area contributed by atoms with Crippen LogP contribution in [0, 0.1) is 17.8 Å². The van der Waals surface area contributed by atoms with Gasteiger partial charge in [0.05, 0.1) is 6.61 Å². The zero-order valence-corrected chi connectivity index (χ0v) is 14.0. The van der Waals surface area contributed by atoms with Crippen LogP contribution in [-0.4, -0.2) is 43.3 Å². The number of hydrogen-bond donors (Lipinski definition) is 1. The predicted octanol–water partition coefficient (Wildman–Crippen LogP) is 3.03. The molecule has 0 radical (unpaired) electrons. The predicted molar refractivity (Wildman–Crippen MR) is 87.2 cm³/mol. The molecule has 3 saturated carbocycles. The van der Waals surface area contributed by atoms with E-state index in [1.165, 1.54) is 51.4 Å². The summed E-state index contributed by atoms with van der Waals surface area (Å²) in [6.45, 7) is 5.16. The number of rotatable bonds is 8. The maximum atomic E-state index is 6.37. The van der Waals surface area contributed by atoms with Gasteiger partial charge in [0.25, 0.3) is 0 Å². The van der Waals surface area contributed by atoms with Crippen molar-refractivity contribution in [1.29, 1.82) is 0 Å². The van der Waals surface area contributed by atoms with Crippen LogP contribution in [0.2, 0.25) is 0 Å². The highest BCUT2D eigenvalue weighted by molar-refractivity contribution is 5.03. The Bertz CT molecular complexity index is 340. The summed E-state index contributed by atoms with van der Waals surface area (Å²) >= 11 is 0. The van der Waals surface area contributed by atoms with Crippen LogP contribution < -0.4 is 5.73 Å². The second kappa shape index (κ2) is 6.55. The normalized spacial score (nSPS) is 35.1. The van der Waals surface area contributed by atoms with E-state index in [-0.39, 0.29) is 5.54 Å². The Morgan fingerprint density at radius 1 is 1.19 bits per heavy atom. The van der Waals surface area contributed by atoms with E-state index >= 15 is 0 Å². The Labute approximate surface area is 130 Å². The van der Waals surface area contributed by atoms with Crippen molar-refractivity contribution in [3.8, 4) is 0 Å². The largest absolute Gasteiger partial charge is 0.383 e. The zero-order chi connectivity index (χ0) is 14.9. The molecule has 21 heavy (non-hydrogen) atoms. The third-order valence-electron chi connectivity index (χ3n) is 6.47. The molecule has 2 N–H and O–H groups in total. The molecule has 3 nitrogen and oxygen atoms in total. The standard InChI is InChI=1S/C18H34N2O/c1-14(15-5-6-15)20(10-11-21-2)18(13-19)9-3-4-17(12-18)16-7-8-16/h14-17H,3-13,19H2,1-2H3. The summed E-state index contributed by atoms with van der Waals surface area (Å²) in [6.07, 6.45) is 11.2. The van der Waals surface area contributed by atoms with Gasteiger partial charge in [-0.3, -0.25) is 4.90 Å². The molecular formula is C18H34N2O. The summed E-state index contributed by atoms with van der Waals surface area (Å²) in [4.78, 5) is 2.77. The molecule has 0 aromatic heterocycles. The van der Waals surface area contributed by atoms with Crippen LogP contribution in [0.25, 0.3) is 0 Å². The second-order valence-corrected chi connectivity index (χ2v) is 7.89. The van der Waals surface area contributed by atoms with Gasteiger partial charge in [-0.2, -0.15) is 0 Å². The fraction of sp³-hybridized carbons (Fsp3) is 1.00. The van der Waals surface area contributed by atoms with Gasteiger partial charge in [-0.15, -0.1) is 0 Å². The lowest BCUT2D eigenvalue weighted by Crippen LogP contribution is -2.60. The lowest BCUT2D eigenvalue weighted by molar-refractivity contribution is -0.0179. The van der Waals surface area contributed by atoms with Crippen molar-refractivity contribution >= 4 is 0 Å². The van der Waals surface area contributed by atoms with Crippen molar-refractivity contribution < 1.29 is 4.74 Å². The second-order valence-electron chi connectivity index (χ2n) is 7.89. The Kier molecular flexibility index (Phi) is 4.92. The van der Waals surface area contributed by atoms with Gasteiger partial charge in [-0.25, -0.2) is 0 Å². The van der Waals surface area contributed by atoms with Crippen molar-refractivity contribution in [1.82, 2.24) is 4.90 Å². The van der Waals surface area contributed by atoms with E-state index in [2.05, 4.69) is 11.8 Å².